The average molecular weight is 324 g/mol. The lowest BCUT2D eigenvalue weighted by molar-refractivity contribution is 0.414. The third-order valence-electron chi connectivity index (χ3n) is 2.65. The Kier molecular flexibility index (Phi) is 5.60. The predicted molar refractivity (Wildman–Crippen MR) is 83.1 cm³/mol. The first-order valence-electron chi connectivity index (χ1n) is 6.29. The van der Waals surface area contributed by atoms with Crippen molar-refractivity contribution in [1.29, 1.82) is 0 Å². The highest BCUT2D eigenvalue weighted by Gasteiger charge is 2.13. The normalized spacial score (nSPS) is 11.3. The van der Waals surface area contributed by atoms with Crippen LogP contribution in [0.5, 0.6) is 5.75 Å². The lowest BCUT2D eigenvalue weighted by Gasteiger charge is -2.07. The van der Waals surface area contributed by atoms with Crippen molar-refractivity contribution in [2.24, 2.45) is 0 Å². The van der Waals surface area contributed by atoms with Gasteiger partial charge in [0, 0.05) is 18.5 Å². The molecule has 0 saturated heterocycles. The number of hydrogen-bond acceptors (Lipinski definition) is 5. The van der Waals surface area contributed by atoms with Gasteiger partial charge in [-0.3, -0.25) is 0 Å². The zero-order chi connectivity index (χ0) is 15.1. The van der Waals surface area contributed by atoms with Crippen LogP contribution in [0.2, 0.25) is 0 Å². The first kappa shape index (κ1) is 15.8. The third-order valence-corrected chi connectivity index (χ3v) is 5.07. The summed E-state index contributed by atoms with van der Waals surface area (Å²) in [7, 11) is -1.94. The number of aromatic nitrogens is 1. The molecule has 0 aliphatic heterocycles. The van der Waals surface area contributed by atoms with Gasteiger partial charge in [0.05, 0.1) is 17.0 Å². The van der Waals surface area contributed by atoms with E-state index in [1.54, 1.807) is 18.3 Å². The molecule has 1 aromatic carbocycles. The van der Waals surface area contributed by atoms with Gasteiger partial charge in [0.2, 0.25) is 10.0 Å². The molecule has 0 fully saturated rings. The third kappa shape index (κ3) is 4.73. The lowest BCUT2D eigenvalue weighted by atomic mass is 10.3. The van der Waals surface area contributed by atoms with Crippen molar-refractivity contribution in [1.82, 2.24) is 9.71 Å². The highest BCUT2D eigenvalue weighted by Crippen LogP contribution is 2.16. The Morgan fingerprint density at radius 3 is 2.57 bits per heavy atom. The Morgan fingerprint density at radius 2 is 1.95 bits per heavy atom. The van der Waals surface area contributed by atoms with E-state index in [-0.39, 0.29) is 4.90 Å². The van der Waals surface area contributed by atoms with Crippen LogP contribution in [-0.4, -0.2) is 32.8 Å². The Hall–Kier alpha value is -1.57. The molecular formula is C14H16N2O3S2. The van der Waals surface area contributed by atoms with E-state index in [1.807, 2.05) is 18.2 Å². The fourth-order valence-electron chi connectivity index (χ4n) is 1.60. The molecule has 1 aromatic heterocycles. The summed E-state index contributed by atoms with van der Waals surface area (Å²) in [6.45, 7) is 0.343. The van der Waals surface area contributed by atoms with E-state index in [1.165, 1.54) is 31.0 Å². The van der Waals surface area contributed by atoms with Gasteiger partial charge >= 0.3 is 0 Å². The standard InChI is InChI=1S/C14H16N2O3S2/c1-19-12-5-7-13(8-6-12)21(17,18)16-10-11-20-14-4-2-3-9-15-14/h2-9,16H,10-11H2,1H3. The van der Waals surface area contributed by atoms with Crippen LogP contribution >= 0.6 is 11.8 Å². The van der Waals surface area contributed by atoms with E-state index >= 15 is 0 Å². The molecule has 0 radical (unpaired) electrons. The molecule has 7 heteroatoms. The van der Waals surface area contributed by atoms with E-state index in [9.17, 15) is 8.42 Å². The number of nitrogens with one attached hydrogen (secondary N) is 1. The maximum absolute atomic E-state index is 12.1. The Labute approximate surface area is 128 Å². The van der Waals surface area contributed by atoms with Gasteiger partial charge in [0.25, 0.3) is 0 Å². The second-order valence-electron chi connectivity index (χ2n) is 4.09. The molecule has 0 spiro atoms. The largest absolute Gasteiger partial charge is 0.497 e. The number of thioether (sulfide) groups is 1. The van der Waals surface area contributed by atoms with E-state index in [0.29, 0.717) is 18.0 Å². The number of nitrogens with zero attached hydrogens (tertiary/aromatic N) is 1. The van der Waals surface area contributed by atoms with Crippen molar-refractivity contribution in [2.75, 3.05) is 19.4 Å². The SMILES string of the molecule is COc1ccc(S(=O)(=O)NCCSc2ccccn2)cc1. The average Bonchev–Trinajstić information content (AvgIpc) is 2.53. The zero-order valence-electron chi connectivity index (χ0n) is 11.5. The number of sulfonamides is 1. The number of rotatable bonds is 7. The van der Waals surface area contributed by atoms with Crippen molar-refractivity contribution in [3.8, 4) is 5.75 Å². The summed E-state index contributed by atoms with van der Waals surface area (Å²) in [6, 6.07) is 11.9. The van der Waals surface area contributed by atoms with Crippen molar-refractivity contribution < 1.29 is 13.2 Å². The van der Waals surface area contributed by atoms with Crippen molar-refractivity contribution in [2.45, 2.75) is 9.92 Å². The van der Waals surface area contributed by atoms with Gasteiger partial charge in [-0.1, -0.05) is 6.07 Å². The smallest absolute Gasteiger partial charge is 0.240 e. The summed E-state index contributed by atoms with van der Waals surface area (Å²) in [4.78, 5) is 4.39. The number of pyridine rings is 1. The highest BCUT2D eigenvalue weighted by molar-refractivity contribution is 7.99. The summed E-state index contributed by atoms with van der Waals surface area (Å²) < 4.78 is 31.7. The maximum atomic E-state index is 12.1. The molecule has 2 rings (SSSR count). The monoisotopic (exact) mass is 324 g/mol. The van der Waals surface area contributed by atoms with Gasteiger partial charge in [-0.05, 0) is 36.4 Å². The van der Waals surface area contributed by atoms with Crippen LogP contribution in [0, 0.1) is 0 Å². The van der Waals surface area contributed by atoms with Gasteiger partial charge < -0.3 is 4.74 Å². The van der Waals surface area contributed by atoms with Crippen LogP contribution in [0.15, 0.2) is 58.6 Å². The van der Waals surface area contributed by atoms with Crippen molar-refractivity contribution >= 4 is 21.8 Å². The summed E-state index contributed by atoms with van der Waals surface area (Å²) >= 11 is 1.50. The minimum absolute atomic E-state index is 0.228. The molecule has 0 unspecified atom stereocenters. The molecule has 0 aliphatic rings. The van der Waals surface area contributed by atoms with Gasteiger partial charge in [-0.25, -0.2) is 18.1 Å². The number of methoxy groups -OCH3 is 1. The molecule has 1 N–H and O–H groups in total. The fourth-order valence-corrected chi connectivity index (χ4v) is 3.49. The van der Waals surface area contributed by atoms with Crippen LogP contribution in [0.25, 0.3) is 0 Å². The molecule has 0 atom stereocenters. The summed E-state index contributed by atoms with van der Waals surface area (Å²) in [5.41, 5.74) is 0. The van der Waals surface area contributed by atoms with E-state index in [4.69, 9.17) is 4.74 Å². The molecule has 0 bridgehead atoms. The first-order valence-corrected chi connectivity index (χ1v) is 8.76. The number of benzene rings is 1. The molecular weight excluding hydrogens is 308 g/mol. The van der Waals surface area contributed by atoms with Gasteiger partial charge in [0.1, 0.15) is 5.75 Å². The molecule has 0 saturated carbocycles. The summed E-state index contributed by atoms with van der Waals surface area (Å²) in [6.07, 6.45) is 1.71. The Balaban J connectivity index is 1.86. The van der Waals surface area contributed by atoms with Gasteiger partial charge in [-0.15, -0.1) is 11.8 Å². The number of hydrogen-bond donors (Lipinski definition) is 1. The Bertz CT molecular complexity index is 658. The second-order valence-corrected chi connectivity index (χ2v) is 6.97. The van der Waals surface area contributed by atoms with E-state index in [0.717, 1.165) is 5.03 Å². The predicted octanol–water partition coefficient (Wildman–Crippen LogP) is 2.16. The van der Waals surface area contributed by atoms with E-state index < -0.39 is 10.0 Å². The molecule has 5 nitrogen and oxygen atoms in total. The van der Waals surface area contributed by atoms with Gasteiger partial charge in [-0.2, -0.15) is 0 Å². The van der Waals surface area contributed by atoms with Crippen molar-refractivity contribution in [3.63, 3.8) is 0 Å². The van der Waals surface area contributed by atoms with Crippen LogP contribution in [0.4, 0.5) is 0 Å². The van der Waals surface area contributed by atoms with E-state index in [2.05, 4.69) is 9.71 Å². The minimum Gasteiger partial charge on any atom is -0.497 e. The summed E-state index contributed by atoms with van der Waals surface area (Å²) in [5, 5.41) is 0.876. The second kappa shape index (κ2) is 7.44. The molecule has 21 heavy (non-hydrogen) atoms. The molecule has 0 aliphatic carbocycles. The highest BCUT2D eigenvalue weighted by atomic mass is 32.2. The topological polar surface area (TPSA) is 68.3 Å². The first-order chi connectivity index (χ1) is 10.1. The Morgan fingerprint density at radius 1 is 1.19 bits per heavy atom. The van der Waals surface area contributed by atoms with Crippen LogP contribution in [0.3, 0.4) is 0 Å². The molecule has 0 amide bonds. The van der Waals surface area contributed by atoms with Gasteiger partial charge in [0.15, 0.2) is 0 Å². The van der Waals surface area contributed by atoms with Crippen LogP contribution in [0.1, 0.15) is 0 Å². The fraction of sp³-hybridized carbons (Fsp3) is 0.214. The molecule has 112 valence electrons. The van der Waals surface area contributed by atoms with Crippen molar-refractivity contribution in [3.05, 3.63) is 48.7 Å². The molecule has 2 aromatic rings. The molecule has 1 heterocycles. The summed E-state index contributed by atoms with van der Waals surface area (Å²) in [5.74, 6) is 1.24. The van der Waals surface area contributed by atoms with Crippen LogP contribution in [-0.2, 0) is 10.0 Å². The zero-order valence-corrected chi connectivity index (χ0v) is 13.2. The number of ether oxygens (including phenoxy) is 1. The quantitative estimate of drug-likeness (QED) is 0.624. The lowest BCUT2D eigenvalue weighted by Crippen LogP contribution is -2.26. The van der Waals surface area contributed by atoms with Crippen LogP contribution < -0.4 is 9.46 Å². The minimum atomic E-state index is -3.48. The maximum Gasteiger partial charge on any atom is 0.240 e.